The van der Waals surface area contributed by atoms with Crippen molar-refractivity contribution in [1.82, 2.24) is 9.78 Å². The van der Waals surface area contributed by atoms with Crippen LogP contribution >= 0.6 is 39.1 Å². The summed E-state index contributed by atoms with van der Waals surface area (Å²) in [6, 6.07) is 5.12. The third-order valence-electron chi connectivity index (χ3n) is 2.57. The third-order valence-corrected chi connectivity index (χ3v) is 4.26. The van der Waals surface area contributed by atoms with Crippen LogP contribution < -0.4 is 0 Å². The molecule has 0 spiro atoms. The number of aromatic nitrogens is 2. The number of benzene rings is 1. The Morgan fingerprint density at radius 1 is 1.37 bits per heavy atom. The fourth-order valence-electron chi connectivity index (χ4n) is 1.58. The van der Waals surface area contributed by atoms with Gasteiger partial charge in [-0.05, 0) is 41.1 Å². The minimum absolute atomic E-state index is 0.214. The van der Waals surface area contributed by atoms with Crippen molar-refractivity contribution in [3.05, 3.63) is 44.1 Å². The smallest absolute Gasteiger partial charge is 0.359 e. The van der Waals surface area contributed by atoms with Crippen molar-refractivity contribution in [2.75, 3.05) is 7.11 Å². The first-order chi connectivity index (χ1) is 8.95. The Labute approximate surface area is 128 Å². The fraction of sp³-hybridized carbons (Fsp3) is 0.167. The number of carbonyl (C=O) groups is 1. The molecule has 4 nitrogen and oxygen atoms in total. The number of hydrogen-bond donors (Lipinski definition) is 0. The summed E-state index contributed by atoms with van der Waals surface area (Å²) in [6.07, 6.45) is 0. The number of methoxy groups -OCH3 is 1. The summed E-state index contributed by atoms with van der Waals surface area (Å²) >= 11 is 15.2. The van der Waals surface area contributed by atoms with Gasteiger partial charge in [0.15, 0.2) is 5.69 Å². The van der Waals surface area contributed by atoms with E-state index >= 15 is 0 Å². The fourth-order valence-corrected chi connectivity index (χ4v) is 2.28. The molecule has 0 bridgehead atoms. The number of esters is 1. The van der Waals surface area contributed by atoms with Crippen LogP contribution in [-0.4, -0.2) is 22.9 Å². The maximum absolute atomic E-state index is 11.6. The van der Waals surface area contributed by atoms with Gasteiger partial charge in [-0.15, -0.1) is 0 Å². The van der Waals surface area contributed by atoms with E-state index < -0.39 is 5.97 Å². The van der Waals surface area contributed by atoms with Crippen LogP contribution in [0.5, 0.6) is 0 Å². The predicted octanol–water partition coefficient (Wildman–Crippen LogP) is 4.04. The van der Waals surface area contributed by atoms with Crippen molar-refractivity contribution in [2.45, 2.75) is 6.92 Å². The molecule has 0 aliphatic rings. The van der Waals surface area contributed by atoms with Gasteiger partial charge in [-0.1, -0.05) is 23.2 Å². The Morgan fingerprint density at radius 2 is 2.05 bits per heavy atom. The van der Waals surface area contributed by atoms with Crippen molar-refractivity contribution in [3.63, 3.8) is 0 Å². The van der Waals surface area contributed by atoms with Gasteiger partial charge >= 0.3 is 5.97 Å². The van der Waals surface area contributed by atoms with Gasteiger partial charge in [0, 0.05) is 0 Å². The second kappa shape index (κ2) is 5.53. The Hall–Kier alpha value is -1.04. The molecule has 0 unspecified atom stereocenters. The Kier molecular flexibility index (Phi) is 4.18. The first-order valence-corrected chi connectivity index (χ1v) is 6.79. The van der Waals surface area contributed by atoms with Gasteiger partial charge in [0.1, 0.15) is 0 Å². The molecular formula is C12H9BrCl2N2O2. The molecule has 1 heterocycles. The summed E-state index contributed by atoms with van der Waals surface area (Å²) in [7, 11) is 1.31. The first kappa shape index (κ1) is 14.4. The number of nitrogens with zero attached hydrogens (tertiary/aromatic N) is 2. The summed E-state index contributed by atoms with van der Waals surface area (Å²) in [6.45, 7) is 1.83. The van der Waals surface area contributed by atoms with Gasteiger partial charge in [0.05, 0.1) is 33.0 Å². The molecule has 100 valence electrons. The monoisotopic (exact) mass is 362 g/mol. The maximum Gasteiger partial charge on any atom is 0.359 e. The second-order valence-corrected chi connectivity index (χ2v) is 5.36. The molecule has 0 aliphatic carbocycles. The number of hydrogen-bond acceptors (Lipinski definition) is 3. The lowest BCUT2D eigenvalue weighted by Crippen LogP contribution is -2.04. The van der Waals surface area contributed by atoms with Crippen LogP contribution in [0.15, 0.2) is 22.7 Å². The highest BCUT2D eigenvalue weighted by molar-refractivity contribution is 9.10. The van der Waals surface area contributed by atoms with Crippen LogP contribution in [0.4, 0.5) is 0 Å². The molecule has 2 rings (SSSR count). The van der Waals surface area contributed by atoms with E-state index in [2.05, 4.69) is 25.8 Å². The molecule has 0 atom stereocenters. The molecule has 2 aromatic rings. The summed E-state index contributed by atoms with van der Waals surface area (Å²) in [5.74, 6) is -0.506. The number of halogens is 3. The quantitative estimate of drug-likeness (QED) is 0.756. The highest BCUT2D eigenvalue weighted by atomic mass is 79.9. The topological polar surface area (TPSA) is 44.1 Å². The van der Waals surface area contributed by atoms with Crippen molar-refractivity contribution >= 4 is 45.1 Å². The van der Waals surface area contributed by atoms with E-state index in [4.69, 9.17) is 23.2 Å². The van der Waals surface area contributed by atoms with E-state index in [1.807, 2.05) is 6.92 Å². The molecule has 0 saturated carbocycles. The van der Waals surface area contributed by atoms with Crippen LogP contribution in [0.2, 0.25) is 10.0 Å². The molecule has 19 heavy (non-hydrogen) atoms. The summed E-state index contributed by atoms with van der Waals surface area (Å²) in [4.78, 5) is 11.6. The van der Waals surface area contributed by atoms with Crippen LogP contribution in [0.1, 0.15) is 16.2 Å². The summed E-state index contributed by atoms with van der Waals surface area (Å²) in [5, 5.41) is 5.10. The van der Waals surface area contributed by atoms with Gasteiger partial charge in [-0.25, -0.2) is 9.48 Å². The van der Waals surface area contributed by atoms with E-state index in [1.54, 1.807) is 22.9 Å². The molecule has 7 heteroatoms. The van der Waals surface area contributed by atoms with E-state index in [0.29, 0.717) is 20.2 Å². The van der Waals surface area contributed by atoms with Crippen LogP contribution in [0, 0.1) is 6.92 Å². The largest absolute Gasteiger partial charge is 0.464 e. The normalized spacial score (nSPS) is 10.6. The van der Waals surface area contributed by atoms with Crippen molar-refractivity contribution in [1.29, 1.82) is 0 Å². The van der Waals surface area contributed by atoms with Crippen LogP contribution in [0.25, 0.3) is 5.69 Å². The SMILES string of the molecule is COC(=O)c1nn(-c2ccc(Cl)c(Cl)c2)c(C)c1Br. The van der Waals surface area contributed by atoms with Crippen molar-refractivity contribution < 1.29 is 9.53 Å². The maximum atomic E-state index is 11.6. The molecule has 1 aromatic heterocycles. The Balaban J connectivity index is 2.57. The van der Waals surface area contributed by atoms with Crippen molar-refractivity contribution in [2.24, 2.45) is 0 Å². The Morgan fingerprint density at radius 3 is 2.63 bits per heavy atom. The molecular weight excluding hydrogens is 355 g/mol. The number of carbonyl (C=O) groups excluding carboxylic acids is 1. The molecule has 0 amide bonds. The van der Waals surface area contributed by atoms with Crippen LogP contribution in [0.3, 0.4) is 0 Å². The molecule has 0 fully saturated rings. The zero-order valence-corrected chi connectivity index (χ0v) is 13.2. The van der Waals surface area contributed by atoms with Crippen molar-refractivity contribution in [3.8, 4) is 5.69 Å². The van der Waals surface area contributed by atoms with E-state index in [-0.39, 0.29) is 5.69 Å². The lowest BCUT2D eigenvalue weighted by Gasteiger charge is -2.05. The highest BCUT2D eigenvalue weighted by Gasteiger charge is 2.20. The lowest BCUT2D eigenvalue weighted by atomic mass is 10.3. The molecule has 0 N–H and O–H groups in total. The zero-order chi connectivity index (χ0) is 14.2. The van der Waals surface area contributed by atoms with Crippen LogP contribution in [-0.2, 0) is 4.74 Å². The second-order valence-electron chi connectivity index (χ2n) is 3.75. The summed E-state index contributed by atoms with van der Waals surface area (Å²) < 4.78 is 6.86. The lowest BCUT2D eigenvalue weighted by molar-refractivity contribution is 0.0592. The Bertz CT molecular complexity index is 655. The van der Waals surface area contributed by atoms with Gasteiger partial charge in [0.25, 0.3) is 0 Å². The molecule has 1 aromatic carbocycles. The van der Waals surface area contributed by atoms with E-state index in [0.717, 1.165) is 5.69 Å². The third kappa shape index (κ3) is 2.63. The average Bonchev–Trinajstić information content (AvgIpc) is 2.69. The molecule has 0 aliphatic heterocycles. The number of ether oxygens (including phenoxy) is 1. The standard InChI is InChI=1S/C12H9BrCl2N2O2/c1-6-10(13)11(12(18)19-2)16-17(6)7-3-4-8(14)9(15)5-7/h3-5H,1-2H3. The van der Waals surface area contributed by atoms with E-state index in [1.165, 1.54) is 7.11 Å². The average molecular weight is 364 g/mol. The molecule has 0 saturated heterocycles. The van der Waals surface area contributed by atoms with E-state index in [9.17, 15) is 4.79 Å². The van der Waals surface area contributed by atoms with Gasteiger partial charge in [-0.3, -0.25) is 0 Å². The summed E-state index contributed by atoms with van der Waals surface area (Å²) in [5.41, 5.74) is 1.69. The van der Waals surface area contributed by atoms with Gasteiger partial charge in [0.2, 0.25) is 0 Å². The number of rotatable bonds is 2. The van der Waals surface area contributed by atoms with Gasteiger partial charge < -0.3 is 4.74 Å². The first-order valence-electron chi connectivity index (χ1n) is 5.24. The minimum Gasteiger partial charge on any atom is -0.464 e. The minimum atomic E-state index is -0.506. The van der Waals surface area contributed by atoms with Gasteiger partial charge in [-0.2, -0.15) is 5.10 Å². The predicted molar refractivity (Wildman–Crippen MR) is 77.4 cm³/mol. The molecule has 0 radical (unpaired) electrons. The zero-order valence-electron chi connectivity index (χ0n) is 10.1. The highest BCUT2D eigenvalue weighted by Crippen LogP contribution is 2.28.